The van der Waals surface area contributed by atoms with Crippen LogP contribution in [0.1, 0.15) is 17.3 Å². The van der Waals surface area contributed by atoms with Gasteiger partial charge in [0.25, 0.3) is 0 Å². The third-order valence-corrected chi connectivity index (χ3v) is 6.77. The summed E-state index contributed by atoms with van der Waals surface area (Å²) >= 11 is 1.55. The summed E-state index contributed by atoms with van der Waals surface area (Å²) in [6.45, 7) is 2.06. The molecule has 1 heterocycles. The van der Waals surface area contributed by atoms with Gasteiger partial charge in [0.2, 0.25) is 0 Å². The fourth-order valence-electron chi connectivity index (χ4n) is 2.38. The summed E-state index contributed by atoms with van der Waals surface area (Å²) in [6, 6.07) is 4.61. The van der Waals surface area contributed by atoms with E-state index in [1.165, 1.54) is 6.07 Å². The van der Waals surface area contributed by atoms with Crippen LogP contribution in [0.4, 0.5) is 11.4 Å². The number of hydrogen-bond acceptors (Lipinski definition) is 6. The normalized spacial score (nSPS) is 19.5. The lowest BCUT2D eigenvalue weighted by molar-refractivity contribution is 0.0697. The standard InChI is InChI=1S/C13H18N2O4S2/c1-2-21(18,19)11-8-20-7-6-15(11)12-9(13(16)17)4-3-5-10(12)14/h3-5,11H,2,6-8,14H2,1H3,(H,16,17). The van der Waals surface area contributed by atoms with Crippen LogP contribution in [0, 0.1) is 0 Å². The van der Waals surface area contributed by atoms with Gasteiger partial charge in [0, 0.05) is 23.8 Å². The fourth-order valence-corrected chi connectivity index (χ4v) is 5.36. The first-order valence-electron chi connectivity index (χ1n) is 6.56. The van der Waals surface area contributed by atoms with Crippen molar-refractivity contribution in [1.29, 1.82) is 0 Å². The molecule has 1 saturated heterocycles. The largest absolute Gasteiger partial charge is 0.478 e. The van der Waals surface area contributed by atoms with Crippen LogP contribution in [0.5, 0.6) is 0 Å². The molecular weight excluding hydrogens is 312 g/mol. The Morgan fingerprint density at radius 2 is 2.24 bits per heavy atom. The van der Waals surface area contributed by atoms with Crippen molar-refractivity contribution in [1.82, 2.24) is 0 Å². The Kier molecular flexibility index (Phi) is 4.67. The summed E-state index contributed by atoms with van der Waals surface area (Å²) in [4.78, 5) is 13.0. The van der Waals surface area contributed by atoms with Crippen molar-refractivity contribution in [3.8, 4) is 0 Å². The smallest absolute Gasteiger partial charge is 0.337 e. The van der Waals surface area contributed by atoms with E-state index in [9.17, 15) is 18.3 Å². The summed E-state index contributed by atoms with van der Waals surface area (Å²) in [5.41, 5.74) is 6.57. The van der Waals surface area contributed by atoms with Crippen molar-refractivity contribution in [3.63, 3.8) is 0 Å². The highest BCUT2D eigenvalue weighted by molar-refractivity contribution is 8.01. The number of rotatable bonds is 4. The van der Waals surface area contributed by atoms with Gasteiger partial charge in [-0.25, -0.2) is 13.2 Å². The molecule has 8 heteroatoms. The molecule has 116 valence electrons. The van der Waals surface area contributed by atoms with Gasteiger partial charge in [-0.1, -0.05) is 13.0 Å². The van der Waals surface area contributed by atoms with E-state index < -0.39 is 21.2 Å². The number of nitrogens with two attached hydrogens (primary N) is 1. The number of thioether (sulfide) groups is 1. The van der Waals surface area contributed by atoms with E-state index in [4.69, 9.17) is 5.73 Å². The van der Waals surface area contributed by atoms with E-state index in [2.05, 4.69) is 0 Å². The third-order valence-electron chi connectivity index (χ3n) is 3.49. The molecule has 0 aliphatic carbocycles. The van der Waals surface area contributed by atoms with Crippen LogP contribution in [-0.2, 0) is 9.84 Å². The number of benzene rings is 1. The zero-order valence-electron chi connectivity index (χ0n) is 11.7. The lowest BCUT2D eigenvalue weighted by atomic mass is 10.1. The maximum absolute atomic E-state index is 12.3. The Balaban J connectivity index is 2.55. The molecule has 2 rings (SSSR count). The summed E-state index contributed by atoms with van der Waals surface area (Å²) in [5, 5.41) is 8.60. The Morgan fingerprint density at radius 1 is 1.52 bits per heavy atom. The lowest BCUT2D eigenvalue weighted by Crippen LogP contribution is -2.48. The summed E-state index contributed by atoms with van der Waals surface area (Å²) < 4.78 is 24.6. The monoisotopic (exact) mass is 330 g/mol. The molecular formula is C13H18N2O4S2. The second-order valence-electron chi connectivity index (χ2n) is 4.72. The topological polar surface area (TPSA) is 101 Å². The average Bonchev–Trinajstić information content (AvgIpc) is 2.47. The van der Waals surface area contributed by atoms with Gasteiger partial charge >= 0.3 is 5.97 Å². The number of carbonyl (C=O) groups is 1. The first-order chi connectivity index (χ1) is 9.88. The molecule has 0 aromatic heterocycles. The quantitative estimate of drug-likeness (QED) is 0.802. The van der Waals surface area contributed by atoms with Gasteiger partial charge in [0.1, 0.15) is 5.37 Å². The maximum atomic E-state index is 12.3. The zero-order chi connectivity index (χ0) is 15.6. The van der Waals surface area contributed by atoms with Crippen LogP contribution in [0.15, 0.2) is 18.2 Å². The van der Waals surface area contributed by atoms with E-state index in [0.717, 1.165) is 5.75 Å². The molecule has 1 fully saturated rings. The SMILES string of the molecule is CCS(=O)(=O)C1CSCCN1c1c(N)cccc1C(=O)O. The number of sulfone groups is 1. The van der Waals surface area contributed by atoms with Crippen molar-refractivity contribution in [3.05, 3.63) is 23.8 Å². The molecule has 1 atom stereocenters. The van der Waals surface area contributed by atoms with Gasteiger partial charge in [-0.2, -0.15) is 11.8 Å². The average molecular weight is 330 g/mol. The number of carboxylic acid groups (broad SMARTS) is 1. The number of hydrogen-bond donors (Lipinski definition) is 2. The van der Waals surface area contributed by atoms with Crippen molar-refractivity contribution in [2.24, 2.45) is 0 Å². The van der Waals surface area contributed by atoms with Gasteiger partial charge in [-0.3, -0.25) is 0 Å². The van der Waals surface area contributed by atoms with E-state index >= 15 is 0 Å². The molecule has 1 unspecified atom stereocenters. The number of nitrogens with zero attached hydrogens (tertiary/aromatic N) is 1. The molecule has 1 aliphatic rings. The van der Waals surface area contributed by atoms with Crippen LogP contribution < -0.4 is 10.6 Å². The molecule has 1 aliphatic heterocycles. The van der Waals surface area contributed by atoms with Gasteiger partial charge in [0.15, 0.2) is 9.84 Å². The summed E-state index contributed by atoms with van der Waals surface area (Å²) in [7, 11) is -3.32. The zero-order valence-corrected chi connectivity index (χ0v) is 13.3. The minimum absolute atomic E-state index is 0.0177. The Bertz CT molecular complexity index is 646. The molecule has 1 aromatic rings. The minimum atomic E-state index is -3.32. The Labute approximate surface area is 128 Å². The van der Waals surface area contributed by atoms with Gasteiger partial charge in [-0.05, 0) is 12.1 Å². The van der Waals surface area contributed by atoms with E-state index in [0.29, 0.717) is 18.0 Å². The van der Waals surface area contributed by atoms with Crippen LogP contribution in [-0.4, -0.2) is 48.7 Å². The third kappa shape index (κ3) is 3.11. The van der Waals surface area contributed by atoms with Crippen LogP contribution in [0.25, 0.3) is 0 Å². The predicted molar refractivity (Wildman–Crippen MR) is 85.7 cm³/mol. The van der Waals surface area contributed by atoms with Crippen molar-refractivity contribution < 1.29 is 18.3 Å². The first kappa shape index (κ1) is 16.0. The van der Waals surface area contributed by atoms with Crippen LogP contribution >= 0.6 is 11.8 Å². The number of nitrogen functional groups attached to an aromatic ring is 1. The highest BCUT2D eigenvalue weighted by Crippen LogP contribution is 2.34. The second-order valence-corrected chi connectivity index (χ2v) is 8.32. The number of aromatic carboxylic acids is 1. The summed E-state index contributed by atoms with van der Waals surface area (Å²) in [6.07, 6.45) is 0. The highest BCUT2D eigenvalue weighted by Gasteiger charge is 2.35. The molecule has 0 amide bonds. The van der Waals surface area contributed by atoms with Crippen LogP contribution in [0.3, 0.4) is 0 Å². The first-order valence-corrected chi connectivity index (χ1v) is 9.43. The molecule has 0 bridgehead atoms. The highest BCUT2D eigenvalue weighted by atomic mass is 32.2. The van der Waals surface area contributed by atoms with Crippen LogP contribution in [0.2, 0.25) is 0 Å². The fraction of sp³-hybridized carbons (Fsp3) is 0.462. The van der Waals surface area contributed by atoms with Gasteiger partial charge in [0.05, 0.1) is 16.9 Å². The molecule has 1 aromatic carbocycles. The molecule has 3 N–H and O–H groups in total. The van der Waals surface area contributed by atoms with E-state index in [1.807, 2.05) is 0 Å². The van der Waals surface area contributed by atoms with E-state index in [1.54, 1.807) is 35.7 Å². The molecule has 21 heavy (non-hydrogen) atoms. The summed E-state index contributed by atoms with van der Waals surface area (Å²) in [5.74, 6) is 0.0690. The molecule has 0 saturated carbocycles. The number of para-hydroxylation sites is 1. The van der Waals surface area contributed by atoms with Gasteiger partial charge < -0.3 is 15.7 Å². The Morgan fingerprint density at radius 3 is 2.86 bits per heavy atom. The van der Waals surface area contributed by atoms with Crippen molar-refractivity contribution in [2.75, 3.05) is 34.4 Å². The minimum Gasteiger partial charge on any atom is -0.478 e. The molecule has 0 spiro atoms. The molecule has 6 nitrogen and oxygen atoms in total. The number of carboxylic acids is 1. The Hall–Kier alpha value is -1.41. The van der Waals surface area contributed by atoms with Gasteiger partial charge in [-0.15, -0.1) is 0 Å². The van der Waals surface area contributed by atoms with E-state index in [-0.39, 0.29) is 17.0 Å². The lowest BCUT2D eigenvalue weighted by Gasteiger charge is -2.37. The van der Waals surface area contributed by atoms with Crippen molar-refractivity contribution in [2.45, 2.75) is 12.3 Å². The molecule has 0 radical (unpaired) electrons. The second kappa shape index (κ2) is 6.15. The predicted octanol–water partition coefficient (Wildman–Crippen LogP) is 1.28. The number of anilines is 2. The maximum Gasteiger partial charge on any atom is 0.337 e. The van der Waals surface area contributed by atoms with Crippen molar-refractivity contribution >= 4 is 38.9 Å².